The van der Waals surface area contributed by atoms with Crippen molar-refractivity contribution in [1.29, 1.82) is 0 Å². The van der Waals surface area contributed by atoms with Crippen LogP contribution in [-0.4, -0.2) is 13.0 Å². The Hall–Kier alpha value is -2.05. The average molecular weight is 278 g/mol. The standard InChI is InChI=1S/C13H14N2O3S/c14-12-7-4-8-13(9-12)15(19(16,17)18)10-11-5-2-1-3-6-11/h1-9H,10,14H2,(H,16,17,18). The van der Waals surface area contributed by atoms with E-state index in [-0.39, 0.29) is 6.54 Å². The first-order chi connectivity index (χ1) is 8.97. The monoisotopic (exact) mass is 278 g/mol. The van der Waals surface area contributed by atoms with E-state index in [0.29, 0.717) is 11.4 Å². The lowest BCUT2D eigenvalue weighted by molar-refractivity contribution is 0.477. The highest BCUT2D eigenvalue weighted by atomic mass is 32.2. The number of nitrogen functional groups attached to an aromatic ring is 1. The number of hydrogen-bond donors (Lipinski definition) is 2. The van der Waals surface area contributed by atoms with Crippen LogP contribution in [0.2, 0.25) is 0 Å². The predicted octanol–water partition coefficient (Wildman–Crippen LogP) is 2.08. The molecule has 6 heteroatoms. The van der Waals surface area contributed by atoms with Gasteiger partial charge in [0.25, 0.3) is 0 Å². The van der Waals surface area contributed by atoms with Crippen molar-refractivity contribution in [2.24, 2.45) is 0 Å². The van der Waals surface area contributed by atoms with Crippen LogP contribution in [0.4, 0.5) is 11.4 Å². The van der Waals surface area contributed by atoms with Crippen LogP contribution >= 0.6 is 0 Å². The van der Waals surface area contributed by atoms with Gasteiger partial charge in [0.2, 0.25) is 0 Å². The van der Waals surface area contributed by atoms with Crippen molar-refractivity contribution in [3.63, 3.8) is 0 Å². The van der Waals surface area contributed by atoms with Crippen molar-refractivity contribution in [2.75, 3.05) is 10.0 Å². The minimum atomic E-state index is -4.36. The van der Waals surface area contributed by atoms with E-state index in [1.807, 2.05) is 6.07 Å². The molecule has 0 bridgehead atoms. The Bertz CT molecular complexity index is 657. The first kappa shape index (κ1) is 13.4. The summed E-state index contributed by atoms with van der Waals surface area (Å²) in [6.45, 7) is 0.0448. The van der Waals surface area contributed by atoms with E-state index in [0.717, 1.165) is 9.87 Å². The zero-order valence-corrected chi connectivity index (χ0v) is 10.9. The summed E-state index contributed by atoms with van der Waals surface area (Å²) >= 11 is 0. The van der Waals surface area contributed by atoms with E-state index in [9.17, 15) is 13.0 Å². The number of hydrogen-bond acceptors (Lipinski definition) is 3. The number of nitrogens with two attached hydrogens (primary N) is 1. The second-order valence-electron chi connectivity index (χ2n) is 4.07. The van der Waals surface area contributed by atoms with Crippen LogP contribution in [0.1, 0.15) is 5.56 Å². The molecule has 0 spiro atoms. The highest BCUT2D eigenvalue weighted by Gasteiger charge is 2.19. The fourth-order valence-electron chi connectivity index (χ4n) is 1.74. The summed E-state index contributed by atoms with van der Waals surface area (Å²) in [5.74, 6) is 0. The molecule has 0 saturated heterocycles. The summed E-state index contributed by atoms with van der Waals surface area (Å²) in [6.07, 6.45) is 0. The highest BCUT2D eigenvalue weighted by molar-refractivity contribution is 7.87. The van der Waals surface area contributed by atoms with Gasteiger partial charge in [0.1, 0.15) is 0 Å². The molecule has 5 nitrogen and oxygen atoms in total. The molecule has 19 heavy (non-hydrogen) atoms. The molecule has 2 aromatic carbocycles. The number of nitrogens with zero attached hydrogens (tertiary/aromatic N) is 1. The van der Waals surface area contributed by atoms with Gasteiger partial charge in [0.05, 0.1) is 12.2 Å². The SMILES string of the molecule is Nc1cccc(N(Cc2ccccc2)S(=O)(=O)O)c1. The fourth-order valence-corrected chi connectivity index (χ4v) is 2.43. The molecule has 2 aromatic rings. The first-order valence-electron chi connectivity index (χ1n) is 5.61. The Labute approximate surface area is 112 Å². The summed E-state index contributed by atoms with van der Waals surface area (Å²) in [5, 5.41) is 0. The molecule has 0 atom stereocenters. The maximum atomic E-state index is 11.5. The molecule has 0 fully saturated rings. The van der Waals surface area contributed by atoms with E-state index in [2.05, 4.69) is 0 Å². The third-order valence-electron chi connectivity index (χ3n) is 2.61. The van der Waals surface area contributed by atoms with Crippen LogP contribution in [0.15, 0.2) is 54.6 Å². The average Bonchev–Trinajstić information content (AvgIpc) is 2.36. The predicted molar refractivity (Wildman–Crippen MR) is 75.0 cm³/mol. The minimum absolute atomic E-state index is 0.0448. The Kier molecular flexibility index (Phi) is 3.73. The number of anilines is 2. The molecule has 0 aromatic heterocycles. The lowest BCUT2D eigenvalue weighted by atomic mass is 10.2. The van der Waals surface area contributed by atoms with Gasteiger partial charge >= 0.3 is 10.3 Å². The number of benzene rings is 2. The summed E-state index contributed by atoms with van der Waals surface area (Å²) in [6, 6.07) is 15.4. The lowest BCUT2D eigenvalue weighted by Gasteiger charge is -2.21. The van der Waals surface area contributed by atoms with Gasteiger partial charge in [-0.15, -0.1) is 0 Å². The Morgan fingerprint density at radius 3 is 2.32 bits per heavy atom. The minimum Gasteiger partial charge on any atom is -0.399 e. The second kappa shape index (κ2) is 5.29. The van der Waals surface area contributed by atoms with Crippen molar-refractivity contribution in [2.45, 2.75) is 6.54 Å². The smallest absolute Gasteiger partial charge is 0.360 e. The molecule has 0 heterocycles. The second-order valence-corrected chi connectivity index (χ2v) is 5.40. The summed E-state index contributed by atoms with van der Waals surface area (Å²) in [7, 11) is -4.36. The molecule has 0 amide bonds. The molecule has 0 aliphatic heterocycles. The van der Waals surface area contributed by atoms with Crippen molar-refractivity contribution in [3.05, 3.63) is 60.2 Å². The van der Waals surface area contributed by atoms with Crippen LogP contribution in [0, 0.1) is 0 Å². The maximum absolute atomic E-state index is 11.5. The van der Waals surface area contributed by atoms with Gasteiger partial charge in [-0.2, -0.15) is 8.42 Å². The molecule has 0 radical (unpaired) electrons. The van der Waals surface area contributed by atoms with Crippen LogP contribution in [-0.2, 0) is 16.8 Å². The molecule has 3 N–H and O–H groups in total. The van der Waals surface area contributed by atoms with Gasteiger partial charge in [0.15, 0.2) is 0 Å². The summed E-state index contributed by atoms with van der Waals surface area (Å²) in [5.41, 5.74) is 7.15. The molecule has 100 valence electrons. The van der Waals surface area contributed by atoms with Crippen molar-refractivity contribution in [1.82, 2.24) is 0 Å². The van der Waals surface area contributed by atoms with Gasteiger partial charge < -0.3 is 5.73 Å². The van der Waals surface area contributed by atoms with Crippen LogP contribution in [0.3, 0.4) is 0 Å². The quantitative estimate of drug-likeness (QED) is 0.662. The van der Waals surface area contributed by atoms with E-state index in [4.69, 9.17) is 5.73 Å². The molecule has 2 rings (SSSR count). The van der Waals surface area contributed by atoms with Crippen LogP contribution in [0.25, 0.3) is 0 Å². The fraction of sp³-hybridized carbons (Fsp3) is 0.0769. The topological polar surface area (TPSA) is 83.6 Å². The maximum Gasteiger partial charge on any atom is 0.360 e. The molecular weight excluding hydrogens is 264 g/mol. The van der Waals surface area contributed by atoms with Crippen LogP contribution in [0.5, 0.6) is 0 Å². The van der Waals surface area contributed by atoms with Crippen molar-refractivity contribution < 1.29 is 13.0 Å². The lowest BCUT2D eigenvalue weighted by Crippen LogP contribution is -2.29. The molecule has 0 unspecified atom stereocenters. The largest absolute Gasteiger partial charge is 0.399 e. The third kappa shape index (κ3) is 3.46. The third-order valence-corrected chi connectivity index (χ3v) is 3.50. The molecule has 0 saturated carbocycles. The van der Waals surface area contributed by atoms with E-state index in [1.54, 1.807) is 42.5 Å². The zero-order chi connectivity index (χ0) is 13.9. The van der Waals surface area contributed by atoms with Gasteiger partial charge in [-0.3, -0.25) is 4.55 Å². The first-order valence-corrected chi connectivity index (χ1v) is 7.01. The Balaban J connectivity index is 2.38. The van der Waals surface area contributed by atoms with E-state index < -0.39 is 10.3 Å². The molecule has 0 aliphatic carbocycles. The zero-order valence-electron chi connectivity index (χ0n) is 10.1. The summed E-state index contributed by atoms with van der Waals surface area (Å²) < 4.78 is 33.2. The highest BCUT2D eigenvalue weighted by Crippen LogP contribution is 2.22. The van der Waals surface area contributed by atoms with Gasteiger partial charge in [-0.05, 0) is 23.8 Å². The van der Waals surface area contributed by atoms with Gasteiger partial charge in [-0.25, -0.2) is 4.31 Å². The van der Waals surface area contributed by atoms with Gasteiger partial charge in [0, 0.05) is 5.69 Å². The van der Waals surface area contributed by atoms with E-state index in [1.165, 1.54) is 6.07 Å². The van der Waals surface area contributed by atoms with Crippen molar-refractivity contribution in [3.8, 4) is 0 Å². The normalized spacial score (nSPS) is 11.2. The molecule has 0 aliphatic rings. The van der Waals surface area contributed by atoms with Crippen LogP contribution < -0.4 is 10.0 Å². The summed E-state index contributed by atoms with van der Waals surface area (Å²) in [4.78, 5) is 0. The Morgan fingerprint density at radius 1 is 1.05 bits per heavy atom. The Morgan fingerprint density at radius 2 is 1.74 bits per heavy atom. The van der Waals surface area contributed by atoms with Gasteiger partial charge in [-0.1, -0.05) is 36.4 Å². The number of rotatable bonds is 4. The molecular formula is C13H14N2O3S. The van der Waals surface area contributed by atoms with Crippen molar-refractivity contribution >= 4 is 21.7 Å². The van der Waals surface area contributed by atoms with E-state index >= 15 is 0 Å².